The van der Waals surface area contributed by atoms with Gasteiger partial charge in [0.1, 0.15) is 17.6 Å². The molecule has 1 N–H and O–H groups in total. The van der Waals surface area contributed by atoms with Crippen LogP contribution >= 0.6 is 11.6 Å². The summed E-state index contributed by atoms with van der Waals surface area (Å²) in [5.41, 5.74) is 6.32. The topological polar surface area (TPSA) is 137 Å². The molecule has 0 bridgehead atoms. The Balaban J connectivity index is 0.665. The number of fused-ring (bicyclic) bond motifs is 11. The average Bonchev–Trinajstić information content (AvgIpc) is 3.94. The highest BCUT2D eigenvalue weighted by molar-refractivity contribution is 6.35. The van der Waals surface area contributed by atoms with Crippen molar-refractivity contribution in [2.75, 3.05) is 50.8 Å². The van der Waals surface area contributed by atoms with Gasteiger partial charge >= 0.3 is 0 Å². The fourth-order valence-electron chi connectivity index (χ4n) is 13.2. The lowest BCUT2D eigenvalue weighted by Crippen LogP contribution is -2.52. The highest BCUT2D eigenvalue weighted by Crippen LogP contribution is 2.53. The number of anilines is 1. The molecule has 13 nitrogen and oxygen atoms in total. The number of halogens is 1. The Kier molecular flexibility index (Phi) is 9.53. The van der Waals surface area contributed by atoms with Crippen molar-refractivity contribution >= 4 is 51.8 Å². The number of amides is 4. The number of hydrogen-bond donors (Lipinski definition) is 1. The van der Waals surface area contributed by atoms with E-state index < -0.39 is 11.9 Å². The summed E-state index contributed by atoms with van der Waals surface area (Å²) in [4.78, 5) is 78.9. The molecule has 3 aromatic carbocycles. The normalized spacial score (nSPS) is 24.2. The molecule has 8 heterocycles. The van der Waals surface area contributed by atoms with E-state index in [1.54, 1.807) is 11.0 Å². The molecule has 1 atom stereocenters. The summed E-state index contributed by atoms with van der Waals surface area (Å²) >= 11 is 6.58. The third kappa shape index (κ3) is 6.12. The lowest BCUT2D eigenvalue weighted by Gasteiger charge is -2.44. The SMILES string of the molecule is O=C1CC[C@H](N2Cc3c(ccc4c3OCC43CCN(C(=O)C4CCN(C5CCN(c6ccc7c(c6)C6(CCCCC6)c6nc(=O)c8c(Cl)cccc8n6-7)CC5)CC4)CC3)C2=O)C(=O)N1. The molecule has 0 radical (unpaired) electrons. The highest BCUT2D eigenvalue weighted by Gasteiger charge is 2.50. The van der Waals surface area contributed by atoms with Crippen molar-refractivity contribution in [1.29, 1.82) is 0 Å². The number of benzene rings is 3. The van der Waals surface area contributed by atoms with Crippen molar-refractivity contribution < 1.29 is 23.9 Å². The zero-order valence-corrected chi connectivity index (χ0v) is 37.0. The van der Waals surface area contributed by atoms with E-state index in [-0.39, 0.29) is 46.4 Å². The number of nitrogens with zero attached hydrogens (tertiary/aromatic N) is 6. The Hall–Kier alpha value is -5.27. The van der Waals surface area contributed by atoms with E-state index in [0.29, 0.717) is 54.7 Å². The lowest BCUT2D eigenvalue weighted by atomic mass is 9.69. The maximum absolute atomic E-state index is 14.0. The number of imide groups is 1. The van der Waals surface area contributed by atoms with Gasteiger partial charge in [-0.25, -0.2) is 0 Å². The van der Waals surface area contributed by atoms with E-state index in [1.165, 1.54) is 17.7 Å². The van der Waals surface area contributed by atoms with Gasteiger partial charge < -0.3 is 24.3 Å². The Morgan fingerprint density at radius 1 is 0.828 bits per heavy atom. The van der Waals surface area contributed by atoms with Gasteiger partial charge in [0.2, 0.25) is 17.7 Å². The van der Waals surface area contributed by atoms with Crippen LogP contribution in [0.25, 0.3) is 16.6 Å². The van der Waals surface area contributed by atoms with Crippen LogP contribution in [0.5, 0.6) is 5.75 Å². The summed E-state index contributed by atoms with van der Waals surface area (Å²) < 4.78 is 8.61. The van der Waals surface area contributed by atoms with Crippen LogP contribution in [0.1, 0.15) is 116 Å². The van der Waals surface area contributed by atoms with Crippen molar-refractivity contribution in [3.05, 3.63) is 92.0 Å². The van der Waals surface area contributed by atoms with Crippen molar-refractivity contribution in [3.8, 4) is 11.4 Å². The first-order chi connectivity index (χ1) is 31.1. The van der Waals surface area contributed by atoms with Crippen LogP contribution in [0.2, 0.25) is 5.02 Å². The molecule has 1 aromatic heterocycles. The van der Waals surface area contributed by atoms with E-state index in [9.17, 15) is 24.0 Å². The molecule has 4 aromatic rings. The number of rotatable bonds is 4. The third-order valence-corrected chi connectivity index (χ3v) is 17.0. The van der Waals surface area contributed by atoms with Crippen molar-refractivity contribution in [3.63, 3.8) is 0 Å². The molecule has 4 saturated heterocycles. The molecule has 64 heavy (non-hydrogen) atoms. The van der Waals surface area contributed by atoms with E-state index in [2.05, 4.69) is 42.8 Å². The summed E-state index contributed by atoms with van der Waals surface area (Å²) in [7, 11) is 0. The smallest absolute Gasteiger partial charge is 0.282 e. The second-order valence-electron chi connectivity index (χ2n) is 19.8. The summed E-state index contributed by atoms with van der Waals surface area (Å²) in [6.45, 7) is 6.06. The third-order valence-electron chi connectivity index (χ3n) is 16.7. The molecule has 0 unspecified atom stereocenters. The van der Waals surface area contributed by atoms with Crippen LogP contribution in [0, 0.1) is 5.92 Å². The quantitative estimate of drug-likeness (QED) is 0.245. The van der Waals surface area contributed by atoms with E-state index in [1.807, 2.05) is 24.3 Å². The molecule has 8 aliphatic rings. The number of aromatic nitrogens is 2. The minimum atomic E-state index is -0.662. The molecule has 4 amide bonds. The van der Waals surface area contributed by atoms with Crippen LogP contribution in [0.4, 0.5) is 5.69 Å². The maximum Gasteiger partial charge on any atom is 0.282 e. The van der Waals surface area contributed by atoms with Gasteiger partial charge in [-0.05, 0) is 113 Å². The predicted molar refractivity (Wildman–Crippen MR) is 241 cm³/mol. The number of ether oxygens (including phenoxy) is 1. The molecule has 7 aliphatic heterocycles. The second kappa shape index (κ2) is 15.2. The van der Waals surface area contributed by atoms with Crippen LogP contribution in [-0.2, 0) is 31.8 Å². The van der Waals surface area contributed by atoms with Gasteiger partial charge in [-0.2, -0.15) is 4.98 Å². The van der Waals surface area contributed by atoms with E-state index in [0.717, 1.165) is 124 Å². The zero-order valence-electron chi connectivity index (χ0n) is 36.2. The van der Waals surface area contributed by atoms with Crippen molar-refractivity contribution in [1.82, 2.24) is 29.6 Å². The van der Waals surface area contributed by atoms with Crippen LogP contribution < -0.4 is 20.5 Å². The van der Waals surface area contributed by atoms with Crippen molar-refractivity contribution in [2.24, 2.45) is 5.92 Å². The summed E-state index contributed by atoms with van der Waals surface area (Å²) in [6, 6.07) is 16.4. The Labute approximate surface area is 377 Å². The second-order valence-corrected chi connectivity index (χ2v) is 20.3. The minimum absolute atomic E-state index is 0.0471. The number of likely N-dealkylation sites (tertiary alicyclic amines) is 2. The van der Waals surface area contributed by atoms with E-state index in [4.69, 9.17) is 21.3 Å². The number of nitrogens with one attached hydrogen (secondary N) is 1. The molecule has 1 saturated carbocycles. The predicted octanol–water partition coefficient (Wildman–Crippen LogP) is 6.00. The molecular weight excluding hydrogens is 830 g/mol. The summed E-state index contributed by atoms with van der Waals surface area (Å²) in [5.74, 6) is 1.07. The number of piperidine rings is 4. The van der Waals surface area contributed by atoms with Gasteiger partial charge in [0.15, 0.2) is 0 Å². The first kappa shape index (κ1) is 40.3. The molecule has 2 spiro atoms. The first-order valence-corrected chi connectivity index (χ1v) is 24.1. The Morgan fingerprint density at radius 3 is 2.38 bits per heavy atom. The van der Waals surface area contributed by atoms with E-state index >= 15 is 0 Å². The fraction of sp³-hybridized carbons (Fsp3) is 0.520. The molecule has 14 heteroatoms. The van der Waals surface area contributed by atoms with Crippen LogP contribution in [-0.4, -0.2) is 106 Å². The number of hydrogen-bond acceptors (Lipinski definition) is 9. The fourth-order valence-corrected chi connectivity index (χ4v) is 13.4. The van der Waals surface area contributed by atoms with Gasteiger partial charge in [0.05, 0.1) is 40.2 Å². The van der Waals surface area contributed by atoms with Gasteiger partial charge in [0, 0.05) is 72.4 Å². The van der Waals surface area contributed by atoms with Crippen LogP contribution in [0.3, 0.4) is 0 Å². The molecular formula is C50H54ClN7O6. The van der Waals surface area contributed by atoms with Crippen LogP contribution in [0.15, 0.2) is 53.3 Å². The average molecular weight is 884 g/mol. The van der Waals surface area contributed by atoms with Gasteiger partial charge in [-0.1, -0.05) is 43.0 Å². The standard InChI is InChI=1S/C50H54ClN7O6/c51-37-5-4-6-39-42(37)45(61)53-48-50(17-2-1-3-18-50)36-27-32(7-10-38(36)58(39)48)55-23-15-31(16-24-55)54-21-13-30(14-22-54)46(62)56-25-19-49(20-26-56)29-64-43-34-28-57(40-11-12-41(59)52-44(40)60)47(63)33(34)8-9-35(43)49/h4-10,27,30-31,40H,1-3,11-26,28-29H2,(H,52,59,60)/t40-/m0/s1. The summed E-state index contributed by atoms with van der Waals surface area (Å²) in [5, 5.41) is 3.32. The van der Waals surface area contributed by atoms with Gasteiger partial charge in [-0.3, -0.25) is 33.9 Å². The number of carbonyl (C=O) groups is 4. The van der Waals surface area contributed by atoms with Crippen molar-refractivity contribution in [2.45, 2.75) is 113 Å². The molecule has 5 fully saturated rings. The first-order valence-electron chi connectivity index (χ1n) is 23.7. The Bertz CT molecular complexity index is 2700. The monoisotopic (exact) mass is 883 g/mol. The summed E-state index contributed by atoms with van der Waals surface area (Å²) in [6.07, 6.45) is 11.6. The number of carbonyl (C=O) groups excluding carboxylic acids is 4. The lowest BCUT2D eigenvalue weighted by molar-refractivity contribution is -0.139. The Morgan fingerprint density at radius 2 is 1.61 bits per heavy atom. The largest absolute Gasteiger partial charge is 0.492 e. The molecule has 1 aliphatic carbocycles. The minimum Gasteiger partial charge on any atom is -0.492 e. The van der Waals surface area contributed by atoms with Gasteiger partial charge in [-0.15, -0.1) is 0 Å². The molecule has 12 rings (SSSR count). The highest BCUT2D eigenvalue weighted by atomic mass is 35.5. The van der Waals surface area contributed by atoms with Gasteiger partial charge in [0.25, 0.3) is 11.5 Å². The molecule has 332 valence electrons. The maximum atomic E-state index is 14.0. The zero-order chi connectivity index (χ0) is 43.5.